The van der Waals surface area contributed by atoms with E-state index in [0.29, 0.717) is 24.0 Å². The van der Waals surface area contributed by atoms with Gasteiger partial charge in [0.15, 0.2) is 0 Å². The molecule has 0 saturated carbocycles. The number of hydrogen-bond acceptors (Lipinski definition) is 6. The third-order valence-electron chi connectivity index (χ3n) is 10.4. The molecule has 0 aliphatic carbocycles. The highest BCUT2D eigenvalue weighted by atomic mass is 16.4. The fourth-order valence-electron chi connectivity index (χ4n) is 7.81. The quantitative estimate of drug-likeness (QED) is 0.0518. The Morgan fingerprint density at radius 3 is 1.46 bits per heavy atom. The van der Waals surface area contributed by atoms with Crippen LogP contribution in [0.25, 0.3) is 32.3 Å². The summed E-state index contributed by atoms with van der Waals surface area (Å²) in [4.78, 5) is 4.85. The first kappa shape index (κ1) is 35.9. The third-order valence-corrected chi connectivity index (χ3v) is 10.4. The van der Waals surface area contributed by atoms with E-state index >= 15 is 0 Å². The van der Waals surface area contributed by atoms with Gasteiger partial charge >= 0.3 is 14.2 Å². The molecule has 7 aromatic rings. The summed E-state index contributed by atoms with van der Waals surface area (Å²) >= 11 is 0. The minimum Gasteiger partial charge on any atom is -0.423 e. The van der Waals surface area contributed by atoms with Gasteiger partial charge in [-0.3, -0.25) is 9.80 Å². The van der Waals surface area contributed by atoms with Crippen LogP contribution >= 0.6 is 0 Å². The van der Waals surface area contributed by atoms with Crippen molar-refractivity contribution in [2.24, 2.45) is 0 Å². The zero-order valence-electron chi connectivity index (χ0n) is 29.6. The van der Waals surface area contributed by atoms with Crippen molar-refractivity contribution in [3.8, 4) is 0 Å². The van der Waals surface area contributed by atoms with E-state index in [1.54, 1.807) is 12.1 Å². The van der Waals surface area contributed by atoms with Gasteiger partial charge in [0.05, 0.1) is 0 Å². The van der Waals surface area contributed by atoms with Gasteiger partial charge in [-0.05, 0) is 91.4 Å². The van der Waals surface area contributed by atoms with Gasteiger partial charge in [0.2, 0.25) is 0 Å². The van der Waals surface area contributed by atoms with Crippen molar-refractivity contribution in [1.29, 1.82) is 0 Å². The number of rotatable bonds is 17. The summed E-state index contributed by atoms with van der Waals surface area (Å²) in [6.45, 7) is 4.60. The van der Waals surface area contributed by atoms with Crippen LogP contribution in [-0.2, 0) is 26.2 Å². The Hall–Kier alpha value is -4.53. The van der Waals surface area contributed by atoms with Crippen LogP contribution in [0.4, 0.5) is 0 Å². The molecule has 0 fully saturated rings. The molecule has 7 rings (SSSR count). The van der Waals surface area contributed by atoms with Crippen molar-refractivity contribution in [2.45, 2.75) is 51.9 Å². The summed E-state index contributed by atoms with van der Waals surface area (Å²) < 4.78 is 0. The van der Waals surface area contributed by atoms with Crippen LogP contribution in [0.1, 0.15) is 47.9 Å². The molecule has 6 nitrogen and oxygen atoms in total. The summed E-state index contributed by atoms with van der Waals surface area (Å²) in [5.74, 6) is 0. The SMILES string of the molecule is OB(O)c1ccccc1CN(CCCCCCN(Cc1ccccc1B(O)O)Cc1ccc2ccc3cccc4ccc1c2c34)Cc1ccccc1. The molecule has 52 heavy (non-hydrogen) atoms. The van der Waals surface area contributed by atoms with Crippen LogP contribution in [0.5, 0.6) is 0 Å². The second kappa shape index (κ2) is 16.9. The molecule has 0 atom stereocenters. The van der Waals surface area contributed by atoms with Crippen molar-refractivity contribution in [3.63, 3.8) is 0 Å². The average molecular weight is 688 g/mol. The van der Waals surface area contributed by atoms with Gasteiger partial charge in [-0.25, -0.2) is 0 Å². The van der Waals surface area contributed by atoms with Crippen molar-refractivity contribution >= 4 is 57.5 Å². The molecule has 0 bridgehead atoms. The molecule has 0 aliphatic rings. The monoisotopic (exact) mass is 688 g/mol. The van der Waals surface area contributed by atoms with Crippen LogP contribution in [0.15, 0.2) is 133 Å². The fourth-order valence-corrected chi connectivity index (χ4v) is 7.81. The Kier molecular flexibility index (Phi) is 11.6. The number of hydrogen-bond donors (Lipinski definition) is 4. The van der Waals surface area contributed by atoms with Crippen LogP contribution < -0.4 is 10.9 Å². The minimum atomic E-state index is -1.51. The Labute approximate surface area is 307 Å². The van der Waals surface area contributed by atoms with Crippen molar-refractivity contribution < 1.29 is 20.1 Å². The second-order valence-electron chi connectivity index (χ2n) is 14.0. The molecular formula is C44H46B2N2O4. The molecule has 262 valence electrons. The third kappa shape index (κ3) is 8.40. The van der Waals surface area contributed by atoms with Crippen LogP contribution in [0.2, 0.25) is 0 Å². The second-order valence-corrected chi connectivity index (χ2v) is 14.0. The lowest BCUT2D eigenvalue weighted by Gasteiger charge is -2.26. The molecule has 4 N–H and O–H groups in total. The summed E-state index contributed by atoms with van der Waals surface area (Å²) in [6.07, 6.45) is 4.21. The first-order chi connectivity index (χ1) is 25.4. The van der Waals surface area contributed by atoms with Crippen LogP contribution in [-0.4, -0.2) is 57.2 Å². The van der Waals surface area contributed by atoms with Gasteiger partial charge in [0.25, 0.3) is 0 Å². The molecule has 0 heterocycles. The number of nitrogens with zero attached hydrogens (tertiary/aromatic N) is 2. The van der Waals surface area contributed by atoms with E-state index in [2.05, 4.69) is 88.7 Å². The lowest BCUT2D eigenvalue weighted by atomic mass is 9.77. The van der Waals surface area contributed by atoms with E-state index in [4.69, 9.17) is 0 Å². The largest absolute Gasteiger partial charge is 0.488 e. The van der Waals surface area contributed by atoms with E-state index in [0.717, 1.165) is 63.0 Å². The van der Waals surface area contributed by atoms with Gasteiger partial charge in [0, 0.05) is 26.2 Å². The maximum absolute atomic E-state index is 10.2. The summed E-state index contributed by atoms with van der Waals surface area (Å²) in [5.41, 5.74) is 5.49. The van der Waals surface area contributed by atoms with Gasteiger partial charge in [0.1, 0.15) is 0 Å². The predicted molar refractivity (Wildman–Crippen MR) is 216 cm³/mol. The first-order valence-electron chi connectivity index (χ1n) is 18.5. The summed E-state index contributed by atoms with van der Waals surface area (Å²) in [7, 11) is -3.01. The molecule has 8 heteroatoms. The molecule has 0 aromatic heterocycles. The maximum atomic E-state index is 10.2. The predicted octanol–water partition coefficient (Wildman–Crippen LogP) is 6.21. The molecule has 0 amide bonds. The maximum Gasteiger partial charge on any atom is 0.488 e. The Morgan fingerprint density at radius 2 is 0.865 bits per heavy atom. The Bertz CT molecular complexity index is 2200. The van der Waals surface area contributed by atoms with Gasteiger partial charge in [-0.2, -0.15) is 0 Å². The highest BCUT2D eigenvalue weighted by Gasteiger charge is 2.20. The molecule has 0 unspecified atom stereocenters. The van der Waals surface area contributed by atoms with E-state index in [1.807, 2.05) is 42.5 Å². The molecule has 0 spiro atoms. The Balaban J connectivity index is 1.04. The first-order valence-corrected chi connectivity index (χ1v) is 18.5. The normalized spacial score (nSPS) is 11.8. The smallest absolute Gasteiger partial charge is 0.423 e. The average Bonchev–Trinajstić information content (AvgIpc) is 3.16. The van der Waals surface area contributed by atoms with Crippen LogP contribution in [0.3, 0.4) is 0 Å². The number of benzene rings is 7. The fraction of sp³-hybridized carbons (Fsp3) is 0.227. The topological polar surface area (TPSA) is 87.4 Å². The standard InChI is InChI=1S/C44H46B2N2O4/c49-45(50)41-19-8-6-15-38(41)31-47(29-33-13-4-3-5-14-33)27-10-1-2-11-28-48(32-39-16-7-9-20-42(39)46(51)52)30-37-24-23-36-22-21-34-17-12-18-35-25-26-40(37)44(36)43(34)35/h3-9,12-26,49-52H,1-2,10-11,27-32H2. The highest BCUT2D eigenvalue weighted by Crippen LogP contribution is 2.36. The van der Waals surface area contributed by atoms with Crippen molar-refractivity contribution in [2.75, 3.05) is 13.1 Å². The van der Waals surface area contributed by atoms with Crippen LogP contribution in [0, 0.1) is 0 Å². The zero-order valence-corrected chi connectivity index (χ0v) is 29.6. The summed E-state index contributed by atoms with van der Waals surface area (Å²) in [6, 6.07) is 45.6. The Morgan fingerprint density at radius 1 is 0.385 bits per heavy atom. The van der Waals surface area contributed by atoms with E-state index < -0.39 is 14.2 Å². The lowest BCUT2D eigenvalue weighted by Crippen LogP contribution is -2.36. The molecule has 0 saturated heterocycles. The van der Waals surface area contributed by atoms with E-state index in [9.17, 15) is 20.1 Å². The van der Waals surface area contributed by atoms with Crippen molar-refractivity contribution in [1.82, 2.24) is 9.80 Å². The zero-order chi connectivity index (χ0) is 35.9. The van der Waals surface area contributed by atoms with Gasteiger partial charge in [-0.15, -0.1) is 0 Å². The molecule has 7 aromatic carbocycles. The molecular weight excluding hydrogens is 642 g/mol. The minimum absolute atomic E-state index is 0.552. The van der Waals surface area contributed by atoms with E-state index in [1.165, 1.54) is 43.4 Å². The lowest BCUT2D eigenvalue weighted by molar-refractivity contribution is 0.240. The van der Waals surface area contributed by atoms with Gasteiger partial charge < -0.3 is 20.1 Å². The van der Waals surface area contributed by atoms with E-state index in [-0.39, 0.29) is 0 Å². The number of unbranched alkanes of at least 4 members (excludes halogenated alkanes) is 3. The molecule has 0 radical (unpaired) electrons. The highest BCUT2D eigenvalue weighted by molar-refractivity contribution is 6.59. The van der Waals surface area contributed by atoms with Gasteiger partial charge in [-0.1, -0.05) is 146 Å². The summed E-state index contributed by atoms with van der Waals surface area (Å²) in [5, 5.41) is 48.0. The molecule has 0 aliphatic heterocycles. The van der Waals surface area contributed by atoms with Crippen molar-refractivity contribution in [3.05, 3.63) is 156 Å².